The zero-order chi connectivity index (χ0) is 12.8. The Morgan fingerprint density at radius 3 is 2.44 bits per heavy atom. The monoisotopic (exact) mass is 247 g/mol. The number of nitrogens with zero attached hydrogens (tertiary/aromatic N) is 2. The largest absolute Gasteiger partial charge is 0.385 e. The Kier molecular flexibility index (Phi) is 2.79. The molecule has 2 atom stereocenters. The third-order valence-corrected chi connectivity index (χ3v) is 4.25. The summed E-state index contributed by atoms with van der Waals surface area (Å²) in [5.74, 6) is 0.930. The summed E-state index contributed by atoms with van der Waals surface area (Å²) in [7, 11) is 3.95. The molecule has 2 unspecified atom stereocenters. The summed E-state index contributed by atoms with van der Waals surface area (Å²) in [5.41, 5.74) is 0.279. The highest BCUT2D eigenvalue weighted by molar-refractivity contribution is 5.38. The lowest BCUT2D eigenvalue weighted by atomic mass is 9.82. The van der Waals surface area contributed by atoms with Gasteiger partial charge in [-0.05, 0) is 31.7 Å². The molecule has 0 aliphatic carbocycles. The molecule has 0 amide bonds. The molecule has 0 aromatic carbocycles. The minimum absolute atomic E-state index is 0.474. The van der Waals surface area contributed by atoms with E-state index in [2.05, 4.69) is 10.3 Å². The van der Waals surface area contributed by atoms with Crippen LogP contribution in [0.25, 0.3) is 0 Å². The second-order valence-electron chi connectivity index (χ2n) is 5.88. The van der Waals surface area contributed by atoms with E-state index in [9.17, 15) is 5.11 Å². The number of anilines is 1. The van der Waals surface area contributed by atoms with E-state index >= 15 is 0 Å². The standard InChI is InChI=1S/C14H21N3O/c1-17(2)13-6-3-10(9-15-13)14(18)7-11-4-5-12(8-14)16-11/h3,6,9,11-12,16,18H,4-5,7-8H2,1-2H3. The summed E-state index contributed by atoms with van der Waals surface area (Å²) in [5, 5.41) is 14.4. The van der Waals surface area contributed by atoms with Gasteiger partial charge in [-0.1, -0.05) is 6.07 Å². The van der Waals surface area contributed by atoms with Crippen molar-refractivity contribution in [3.8, 4) is 0 Å². The maximum atomic E-state index is 10.9. The van der Waals surface area contributed by atoms with E-state index in [4.69, 9.17) is 0 Å². The molecule has 2 aliphatic heterocycles. The van der Waals surface area contributed by atoms with Crippen molar-refractivity contribution in [1.29, 1.82) is 0 Å². The van der Waals surface area contributed by atoms with Crippen LogP contribution in [0.3, 0.4) is 0 Å². The summed E-state index contributed by atoms with van der Waals surface area (Å²) in [6.07, 6.45) is 5.84. The van der Waals surface area contributed by atoms with Crippen LogP contribution in [0.5, 0.6) is 0 Å². The van der Waals surface area contributed by atoms with Gasteiger partial charge in [-0.3, -0.25) is 0 Å². The van der Waals surface area contributed by atoms with Crippen molar-refractivity contribution < 1.29 is 5.11 Å². The highest BCUT2D eigenvalue weighted by Crippen LogP contribution is 2.40. The average Bonchev–Trinajstić information content (AvgIpc) is 2.69. The van der Waals surface area contributed by atoms with Crippen LogP contribution in [0, 0.1) is 0 Å². The van der Waals surface area contributed by atoms with Crippen LogP contribution in [-0.2, 0) is 5.60 Å². The van der Waals surface area contributed by atoms with Crippen molar-refractivity contribution >= 4 is 5.82 Å². The first-order valence-corrected chi connectivity index (χ1v) is 6.69. The number of hydrogen-bond donors (Lipinski definition) is 2. The molecule has 2 saturated heterocycles. The molecule has 98 valence electrons. The van der Waals surface area contributed by atoms with Crippen LogP contribution in [0.1, 0.15) is 31.2 Å². The fraction of sp³-hybridized carbons (Fsp3) is 0.643. The van der Waals surface area contributed by atoms with Gasteiger partial charge in [0.15, 0.2) is 0 Å². The van der Waals surface area contributed by atoms with Crippen molar-refractivity contribution in [3.63, 3.8) is 0 Å². The SMILES string of the molecule is CN(C)c1ccc(C2(O)CC3CCC(C2)N3)cn1. The molecule has 2 bridgehead atoms. The summed E-state index contributed by atoms with van der Waals surface area (Å²) < 4.78 is 0. The number of piperidine rings is 1. The van der Waals surface area contributed by atoms with Crippen LogP contribution in [-0.4, -0.2) is 36.3 Å². The molecule has 3 heterocycles. The van der Waals surface area contributed by atoms with Crippen molar-refractivity contribution in [3.05, 3.63) is 23.9 Å². The van der Waals surface area contributed by atoms with Gasteiger partial charge < -0.3 is 15.3 Å². The van der Waals surface area contributed by atoms with Crippen LogP contribution >= 0.6 is 0 Å². The van der Waals surface area contributed by atoms with E-state index in [1.54, 1.807) is 0 Å². The Morgan fingerprint density at radius 1 is 1.28 bits per heavy atom. The molecular weight excluding hydrogens is 226 g/mol. The van der Waals surface area contributed by atoms with Gasteiger partial charge in [0.2, 0.25) is 0 Å². The molecule has 1 aromatic rings. The Morgan fingerprint density at radius 2 is 1.94 bits per heavy atom. The molecule has 3 rings (SSSR count). The molecule has 4 heteroatoms. The lowest BCUT2D eigenvalue weighted by Gasteiger charge is -2.37. The lowest BCUT2D eigenvalue weighted by molar-refractivity contribution is -0.0117. The van der Waals surface area contributed by atoms with Crippen molar-refractivity contribution in [2.75, 3.05) is 19.0 Å². The van der Waals surface area contributed by atoms with Gasteiger partial charge in [-0.2, -0.15) is 0 Å². The van der Waals surface area contributed by atoms with Gasteiger partial charge >= 0.3 is 0 Å². The first kappa shape index (κ1) is 11.9. The van der Waals surface area contributed by atoms with Gasteiger partial charge in [0.25, 0.3) is 0 Å². The number of pyridine rings is 1. The van der Waals surface area contributed by atoms with Crippen LogP contribution in [0.4, 0.5) is 5.82 Å². The number of aromatic nitrogens is 1. The third kappa shape index (κ3) is 1.99. The summed E-state index contributed by atoms with van der Waals surface area (Å²) >= 11 is 0. The van der Waals surface area contributed by atoms with Gasteiger partial charge in [0.1, 0.15) is 5.82 Å². The van der Waals surface area contributed by atoms with Crippen molar-refractivity contribution in [1.82, 2.24) is 10.3 Å². The number of aliphatic hydroxyl groups is 1. The fourth-order valence-corrected chi connectivity index (χ4v) is 3.28. The Labute approximate surface area is 108 Å². The second kappa shape index (κ2) is 4.21. The van der Waals surface area contributed by atoms with Crippen LogP contribution in [0.15, 0.2) is 18.3 Å². The van der Waals surface area contributed by atoms with E-state index < -0.39 is 5.60 Å². The van der Waals surface area contributed by atoms with E-state index in [1.165, 1.54) is 12.8 Å². The van der Waals surface area contributed by atoms with Gasteiger partial charge in [0.05, 0.1) is 5.60 Å². The Bertz CT molecular complexity index is 417. The lowest BCUT2D eigenvalue weighted by Crippen LogP contribution is -2.46. The van der Waals surface area contributed by atoms with E-state index in [1.807, 2.05) is 37.3 Å². The summed E-state index contributed by atoms with van der Waals surface area (Å²) in [6.45, 7) is 0. The Balaban J connectivity index is 1.85. The molecule has 0 saturated carbocycles. The minimum Gasteiger partial charge on any atom is -0.385 e. The highest BCUT2D eigenvalue weighted by atomic mass is 16.3. The second-order valence-corrected chi connectivity index (χ2v) is 5.88. The normalized spacial score (nSPS) is 34.6. The van der Waals surface area contributed by atoms with Crippen LogP contribution < -0.4 is 10.2 Å². The molecule has 2 aliphatic rings. The minimum atomic E-state index is -0.686. The maximum absolute atomic E-state index is 10.9. The van der Waals surface area contributed by atoms with Gasteiger partial charge in [-0.15, -0.1) is 0 Å². The van der Waals surface area contributed by atoms with E-state index in [0.717, 1.165) is 24.2 Å². The average molecular weight is 247 g/mol. The van der Waals surface area contributed by atoms with Gasteiger partial charge in [0, 0.05) is 37.9 Å². The zero-order valence-corrected chi connectivity index (χ0v) is 11.1. The first-order valence-electron chi connectivity index (χ1n) is 6.69. The highest BCUT2D eigenvalue weighted by Gasteiger charge is 2.43. The molecule has 4 nitrogen and oxygen atoms in total. The molecule has 18 heavy (non-hydrogen) atoms. The molecule has 1 aromatic heterocycles. The van der Waals surface area contributed by atoms with Crippen molar-refractivity contribution in [2.24, 2.45) is 0 Å². The smallest absolute Gasteiger partial charge is 0.127 e. The zero-order valence-electron chi connectivity index (χ0n) is 11.1. The predicted octanol–water partition coefficient (Wildman–Crippen LogP) is 1.25. The molecular formula is C14H21N3O. The third-order valence-electron chi connectivity index (χ3n) is 4.25. The molecule has 0 radical (unpaired) electrons. The molecule has 2 fully saturated rings. The number of hydrogen-bond acceptors (Lipinski definition) is 4. The predicted molar refractivity (Wildman–Crippen MR) is 71.6 cm³/mol. The molecule has 0 spiro atoms. The topological polar surface area (TPSA) is 48.4 Å². The molecule has 2 N–H and O–H groups in total. The van der Waals surface area contributed by atoms with Crippen molar-refractivity contribution in [2.45, 2.75) is 43.4 Å². The fourth-order valence-electron chi connectivity index (χ4n) is 3.28. The maximum Gasteiger partial charge on any atom is 0.127 e. The first-order chi connectivity index (χ1) is 8.57. The number of rotatable bonds is 2. The quantitative estimate of drug-likeness (QED) is 0.826. The Hall–Kier alpha value is -1.13. The number of fused-ring (bicyclic) bond motifs is 2. The van der Waals surface area contributed by atoms with E-state index in [0.29, 0.717) is 12.1 Å². The number of nitrogens with one attached hydrogen (secondary N) is 1. The summed E-state index contributed by atoms with van der Waals surface area (Å²) in [6, 6.07) is 4.95. The van der Waals surface area contributed by atoms with Crippen LogP contribution in [0.2, 0.25) is 0 Å². The van der Waals surface area contributed by atoms with Gasteiger partial charge in [-0.25, -0.2) is 4.98 Å². The van der Waals surface area contributed by atoms with E-state index in [-0.39, 0.29) is 0 Å². The summed E-state index contributed by atoms with van der Waals surface area (Å²) in [4.78, 5) is 6.39.